The Morgan fingerprint density at radius 1 is 0.590 bits per heavy atom. The van der Waals surface area contributed by atoms with Gasteiger partial charge in [0, 0.05) is 11.4 Å². The van der Waals surface area contributed by atoms with E-state index in [1.54, 1.807) is 42.5 Å². The minimum Gasteiger partial charge on any atom is -0.356 e. The molecule has 1 nitrogen and oxygen atoms in total. The summed E-state index contributed by atoms with van der Waals surface area (Å²) in [7, 11) is 0. The van der Waals surface area contributed by atoms with Crippen molar-refractivity contribution in [2.45, 2.75) is 0 Å². The average Bonchev–Trinajstić information content (AvgIpc) is 3.18. The zero-order chi connectivity index (χ0) is 42.1. The maximum atomic E-state index is 8.92. The standard InChI is InChI=1S/C38H29N/c1-2-3-8-28-9-6-12-34(27-28)31-21-25-36(26-22-31)39-35-23-19-30(20-24-35)29-15-17-33(18-16-29)38-14-7-11-32-10-4-5-13-37(32)38/h2-27,39H,1H2/b8-3-/i4D,5D,7D,10D,11D,13D,14D,15D,17D,18D,19D,20D,21D,22D,23D,24D,25D,26D. The lowest BCUT2D eigenvalue weighted by Crippen LogP contribution is -1.90. The summed E-state index contributed by atoms with van der Waals surface area (Å²) < 4.78 is 155. The first kappa shape index (κ1) is 11.3. The molecule has 0 aliphatic carbocycles. The van der Waals surface area contributed by atoms with Crippen LogP contribution in [0.25, 0.3) is 50.2 Å². The molecular weight excluding hydrogens is 470 g/mol. The largest absolute Gasteiger partial charge is 0.356 e. The number of allylic oxidation sites excluding steroid dienone is 2. The maximum Gasteiger partial charge on any atom is 0.0645 e. The van der Waals surface area contributed by atoms with Crippen LogP contribution in [0.15, 0.2) is 158 Å². The number of hydrogen-bond donors (Lipinski definition) is 1. The molecule has 6 aromatic carbocycles. The number of hydrogen-bond acceptors (Lipinski definition) is 1. The minimum atomic E-state index is -0.790. The average molecular weight is 518 g/mol. The summed E-state index contributed by atoms with van der Waals surface area (Å²) in [6, 6.07) is -4.33. The van der Waals surface area contributed by atoms with Gasteiger partial charge in [-0.25, -0.2) is 0 Å². The molecule has 6 rings (SSSR count). The number of benzene rings is 6. The smallest absolute Gasteiger partial charge is 0.0645 e. The molecule has 1 N–H and O–H groups in total. The van der Waals surface area contributed by atoms with Crippen LogP contribution in [-0.2, 0) is 0 Å². The van der Waals surface area contributed by atoms with Crippen molar-refractivity contribution < 1.29 is 24.7 Å². The van der Waals surface area contributed by atoms with Gasteiger partial charge in [-0.05, 0) is 80.0 Å². The van der Waals surface area contributed by atoms with Crippen molar-refractivity contribution in [3.8, 4) is 33.4 Å². The molecule has 0 spiro atoms. The van der Waals surface area contributed by atoms with Crippen molar-refractivity contribution in [1.29, 1.82) is 0 Å². The Morgan fingerprint density at radius 2 is 1.26 bits per heavy atom. The van der Waals surface area contributed by atoms with Gasteiger partial charge in [-0.15, -0.1) is 0 Å². The second-order valence-corrected chi connectivity index (χ2v) is 8.17. The van der Waals surface area contributed by atoms with Crippen molar-refractivity contribution in [3.05, 3.63) is 163 Å². The summed E-state index contributed by atoms with van der Waals surface area (Å²) in [4.78, 5) is 0. The summed E-state index contributed by atoms with van der Waals surface area (Å²) >= 11 is 0. The lowest BCUT2D eigenvalue weighted by atomic mass is 9.96. The Labute approximate surface area is 255 Å². The van der Waals surface area contributed by atoms with E-state index >= 15 is 0 Å². The van der Waals surface area contributed by atoms with Crippen LogP contribution in [0.3, 0.4) is 0 Å². The van der Waals surface area contributed by atoms with E-state index in [2.05, 4.69) is 11.9 Å². The van der Waals surface area contributed by atoms with Gasteiger partial charge >= 0.3 is 0 Å². The SMILES string of the molecule is [2H]c1cc(-c2c([2H])c([2H])c(Nc3c([2H])c([2H])c(-c4cccc(/C=C\C=C)c4)c([2H])c3[2H])c([2H])c2[2H])c([2H])c([2H])c1-c1c([2H])c([2H])c([2H])c2c([2H])c([2H])c([2H])c([2H])c12. The third kappa shape index (κ3) is 5.44. The molecule has 0 atom stereocenters. The molecule has 0 heterocycles. The van der Waals surface area contributed by atoms with E-state index in [0.717, 1.165) is 6.07 Å². The van der Waals surface area contributed by atoms with Crippen molar-refractivity contribution in [1.82, 2.24) is 0 Å². The molecule has 0 aromatic heterocycles. The molecule has 39 heavy (non-hydrogen) atoms. The Morgan fingerprint density at radius 3 is 2.03 bits per heavy atom. The predicted octanol–water partition coefficient (Wildman–Crippen LogP) is 10.8. The number of anilines is 2. The van der Waals surface area contributed by atoms with Crippen LogP contribution in [0.4, 0.5) is 11.4 Å². The molecule has 0 radical (unpaired) electrons. The second-order valence-electron chi connectivity index (χ2n) is 8.17. The fraction of sp³-hybridized carbons (Fsp3) is 0. The lowest BCUT2D eigenvalue weighted by Gasteiger charge is -2.10. The van der Waals surface area contributed by atoms with Crippen molar-refractivity contribution in [2.24, 2.45) is 0 Å². The summed E-state index contributed by atoms with van der Waals surface area (Å²) in [5.41, 5.74) is -1.71. The molecule has 1 heteroatoms. The van der Waals surface area contributed by atoms with Gasteiger partial charge in [0.25, 0.3) is 0 Å². The molecule has 186 valence electrons. The topological polar surface area (TPSA) is 12.0 Å². The Balaban J connectivity index is 1.51. The van der Waals surface area contributed by atoms with Gasteiger partial charge < -0.3 is 5.32 Å². The minimum absolute atomic E-state index is 0.0106. The highest BCUT2D eigenvalue weighted by Gasteiger charge is 2.05. The molecule has 0 saturated heterocycles. The zero-order valence-electron chi connectivity index (χ0n) is 38.3. The Hall–Kier alpha value is -5.14. The van der Waals surface area contributed by atoms with Gasteiger partial charge in [0.1, 0.15) is 0 Å². The van der Waals surface area contributed by atoms with Crippen molar-refractivity contribution in [3.63, 3.8) is 0 Å². The Bertz CT molecular complexity index is 2710. The Kier molecular flexibility index (Phi) is 3.21. The quantitative estimate of drug-likeness (QED) is 0.208. The van der Waals surface area contributed by atoms with Crippen molar-refractivity contribution in [2.75, 3.05) is 5.32 Å². The molecule has 0 unspecified atom stereocenters. The van der Waals surface area contributed by atoms with Gasteiger partial charge in [0.2, 0.25) is 0 Å². The van der Waals surface area contributed by atoms with E-state index in [-0.39, 0.29) is 5.56 Å². The summed E-state index contributed by atoms with van der Waals surface area (Å²) in [5, 5.41) is 1.74. The molecular formula is C38H29N. The number of rotatable bonds is 7. The molecule has 0 amide bonds. The van der Waals surface area contributed by atoms with Crippen LogP contribution in [-0.4, -0.2) is 0 Å². The van der Waals surface area contributed by atoms with Crippen LogP contribution >= 0.6 is 0 Å². The van der Waals surface area contributed by atoms with E-state index < -0.39 is 153 Å². The molecule has 0 aliphatic heterocycles. The molecule has 6 aromatic rings. The zero-order valence-corrected chi connectivity index (χ0v) is 20.3. The molecule has 0 saturated carbocycles. The van der Waals surface area contributed by atoms with E-state index in [4.69, 9.17) is 24.7 Å². The summed E-state index contributed by atoms with van der Waals surface area (Å²) in [5.74, 6) is 0. The van der Waals surface area contributed by atoms with Crippen LogP contribution in [0.1, 0.15) is 30.2 Å². The maximum absolute atomic E-state index is 8.92. The number of nitrogens with one attached hydrogen (secondary N) is 1. The first-order valence-corrected chi connectivity index (χ1v) is 11.8. The summed E-state index contributed by atoms with van der Waals surface area (Å²) in [6.07, 6.45) is 5.01. The van der Waals surface area contributed by atoms with Crippen LogP contribution < -0.4 is 5.32 Å². The van der Waals surface area contributed by atoms with Gasteiger partial charge in [0.15, 0.2) is 0 Å². The predicted molar refractivity (Wildman–Crippen MR) is 169 cm³/mol. The number of fused-ring (bicyclic) bond motifs is 1. The highest BCUT2D eigenvalue weighted by atomic mass is 14.9. The first-order valence-electron chi connectivity index (χ1n) is 20.8. The third-order valence-electron chi connectivity index (χ3n) is 5.61. The van der Waals surface area contributed by atoms with Crippen LogP contribution in [0.5, 0.6) is 0 Å². The van der Waals surface area contributed by atoms with Gasteiger partial charge in [0.05, 0.1) is 24.7 Å². The van der Waals surface area contributed by atoms with Gasteiger partial charge in [-0.1, -0.05) is 134 Å². The van der Waals surface area contributed by atoms with E-state index in [1.165, 1.54) is 0 Å². The fourth-order valence-electron chi connectivity index (χ4n) is 3.75. The van der Waals surface area contributed by atoms with Crippen LogP contribution in [0.2, 0.25) is 0 Å². The van der Waals surface area contributed by atoms with Crippen LogP contribution in [0, 0.1) is 0 Å². The highest BCUT2D eigenvalue weighted by molar-refractivity contribution is 5.96. The van der Waals surface area contributed by atoms with Crippen molar-refractivity contribution >= 4 is 28.2 Å². The molecule has 0 aliphatic rings. The molecule has 0 bridgehead atoms. The normalized spacial score (nSPS) is 17.5. The van der Waals surface area contributed by atoms with Gasteiger partial charge in [-0.2, -0.15) is 0 Å². The fourth-order valence-corrected chi connectivity index (χ4v) is 3.75. The highest BCUT2D eigenvalue weighted by Crippen LogP contribution is 2.31. The lowest BCUT2D eigenvalue weighted by molar-refractivity contribution is 1.53. The molecule has 0 fully saturated rings. The first-order chi connectivity index (χ1) is 26.8. The third-order valence-corrected chi connectivity index (χ3v) is 5.61. The van der Waals surface area contributed by atoms with E-state index in [1.807, 2.05) is 0 Å². The monoisotopic (exact) mass is 517 g/mol. The van der Waals surface area contributed by atoms with E-state index in [9.17, 15) is 0 Å². The van der Waals surface area contributed by atoms with Gasteiger partial charge in [-0.3, -0.25) is 0 Å². The second kappa shape index (κ2) is 11.1. The van der Waals surface area contributed by atoms with E-state index in [0.29, 0.717) is 11.1 Å². The summed E-state index contributed by atoms with van der Waals surface area (Å²) in [6.45, 7) is 3.63.